The second kappa shape index (κ2) is 9.45. The lowest BCUT2D eigenvalue weighted by Crippen LogP contribution is -2.13. The van der Waals surface area contributed by atoms with E-state index < -0.39 is 5.91 Å². The van der Waals surface area contributed by atoms with E-state index in [0.29, 0.717) is 39.6 Å². The largest absolute Gasteiger partial charge is 0.490 e. The number of carbonyl (C=O) groups excluding carboxylic acids is 1. The van der Waals surface area contributed by atoms with Crippen molar-refractivity contribution in [3.8, 4) is 11.8 Å². The number of aryl methyl sites for hydroxylation is 1. The van der Waals surface area contributed by atoms with Crippen molar-refractivity contribution in [2.45, 2.75) is 20.8 Å². The van der Waals surface area contributed by atoms with E-state index in [0.717, 1.165) is 5.56 Å². The molecule has 0 aliphatic heterocycles. The van der Waals surface area contributed by atoms with Gasteiger partial charge in [0, 0.05) is 5.69 Å². The molecular formula is C21H20Cl2N2O2. The zero-order valence-corrected chi connectivity index (χ0v) is 16.9. The molecule has 0 bridgehead atoms. The molecule has 0 spiro atoms. The molecule has 0 aromatic heterocycles. The number of rotatable bonds is 6. The number of nitriles is 1. The molecule has 27 heavy (non-hydrogen) atoms. The highest BCUT2D eigenvalue weighted by atomic mass is 35.5. The Bertz CT molecular complexity index is 874. The highest BCUT2D eigenvalue weighted by molar-refractivity contribution is 6.37. The molecule has 4 nitrogen and oxygen atoms in total. The van der Waals surface area contributed by atoms with Crippen molar-refractivity contribution in [2.24, 2.45) is 5.92 Å². The molecular weight excluding hydrogens is 383 g/mol. The number of benzene rings is 2. The van der Waals surface area contributed by atoms with Gasteiger partial charge in [-0.1, -0.05) is 54.7 Å². The van der Waals surface area contributed by atoms with Gasteiger partial charge in [-0.05, 0) is 48.7 Å². The molecule has 2 aromatic carbocycles. The molecule has 0 saturated heterocycles. The molecule has 0 heterocycles. The minimum atomic E-state index is -0.506. The average Bonchev–Trinajstić information content (AvgIpc) is 2.60. The molecule has 0 unspecified atom stereocenters. The Morgan fingerprint density at radius 1 is 1.22 bits per heavy atom. The molecule has 1 N–H and O–H groups in total. The number of carbonyl (C=O) groups is 1. The van der Waals surface area contributed by atoms with Crippen LogP contribution in [0, 0.1) is 24.2 Å². The second-order valence-corrected chi connectivity index (χ2v) is 7.32. The maximum atomic E-state index is 12.4. The molecule has 2 rings (SSSR count). The van der Waals surface area contributed by atoms with Gasteiger partial charge < -0.3 is 10.1 Å². The zero-order valence-electron chi connectivity index (χ0n) is 15.3. The topological polar surface area (TPSA) is 62.1 Å². The Balaban J connectivity index is 2.22. The highest BCUT2D eigenvalue weighted by Gasteiger charge is 2.13. The molecule has 2 aromatic rings. The maximum absolute atomic E-state index is 12.4. The lowest BCUT2D eigenvalue weighted by Gasteiger charge is -2.12. The number of hydrogen-bond donors (Lipinski definition) is 1. The molecule has 0 aliphatic rings. The van der Waals surface area contributed by atoms with Gasteiger partial charge >= 0.3 is 0 Å². The van der Waals surface area contributed by atoms with Gasteiger partial charge in [-0.2, -0.15) is 5.26 Å². The molecule has 1 amide bonds. The average molecular weight is 403 g/mol. The third kappa shape index (κ3) is 6.02. The monoisotopic (exact) mass is 402 g/mol. The van der Waals surface area contributed by atoms with Crippen LogP contribution in [0.3, 0.4) is 0 Å². The number of nitrogens with one attached hydrogen (secondary N) is 1. The van der Waals surface area contributed by atoms with E-state index in [1.54, 1.807) is 24.3 Å². The molecule has 0 atom stereocenters. The number of ether oxygens (including phenoxy) is 1. The van der Waals surface area contributed by atoms with E-state index in [9.17, 15) is 10.1 Å². The Morgan fingerprint density at radius 3 is 2.33 bits per heavy atom. The van der Waals surface area contributed by atoms with Crippen molar-refractivity contribution >= 4 is 40.9 Å². The van der Waals surface area contributed by atoms with Crippen LogP contribution in [-0.2, 0) is 4.79 Å². The van der Waals surface area contributed by atoms with Crippen molar-refractivity contribution in [2.75, 3.05) is 11.9 Å². The number of amides is 1. The van der Waals surface area contributed by atoms with Crippen LogP contribution in [0.2, 0.25) is 10.0 Å². The lowest BCUT2D eigenvalue weighted by atomic mass is 10.1. The van der Waals surface area contributed by atoms with Gasteiger partial charge in [-0.15, -0.1) is 0 Å². The van der Waals surface area contributed by atoms with Crippen LogP contribution in [-0.4, -0.2) is 12.5 Å². The molecule has 0 aliphatic carbocycles. The van der Waals surface area contributed by atoms with Crippen LogP contribution >= 0.6 is 23.2 Å². The number of nitrogens with zero attached hydrogens (tertiary/aromatic N) is 1. The van der Waals surface area contributed by atoms with Gasteiger partial charge in [-0.3, -0.25) is 4.79 Å². The Hall–Kier alpha value is -2.48. The smallest absolute Gasteiger partial charge is 0.266 e. The molecule has 0 fully saturated rings. The summed E-state index contributed by atoms with van der Waals surface area (Å²) in [7, 11) is 0. The van der Waals surface area contributed by atoms with Gasteiger partial charge in [0.1, 0.15) is 11.6 Å². The molecule has 0 radical (unpaired) electrons. The van der Waals surface area contributed by atoms with Crippen molar-refractivity contribution in [3.63, 3.8) is 0 Å². The predicted molar refractivity (Wildman–Crippen MR) is 110 cm³/mol. The fourth-order valence-electron chi connectivity index (χ4n) is 2.20. The van der Waals surface area contributed by atoms with Crippen LogP contribution in [0.1, 0.15) is 25.0 Å². The third-order valence-corrected chi connectivity index (χ3v) is 4.13. The number of anilines is 1. The minimum Gasteiger partial charge on any atom is -0.490 e. The van der Waals surface area contributed by atoms with E-state index in [-0.39, 0.29) is 5.57 Å². The van der Waals surface area contributed by atoms with Crippen LogP contribution < -0.4 is 10.1 Å². The highest BCUT2D eigenvalue weighted by Crippen LogP contribution is 2.35. The summed E-state index contributed by atoms with van der Waals surface area (Å²) in [4.78, 5) is 12.4. The SMILES string of the molecule is Cc1ccc(NC(=O)/C(C#N)=C/c2cc(Cl)c(OCC(C)C)c(Cl)c2)cc1. The fourth-order valence-corrected chi connectivity index (χ4v) is 2.81. The van der Waals surface area contributed by atoms with Gasteiger partial charge in [-0.25, -0.2) is 0 Å². The molecule has 140 valence electrons. The summed E-state index contributed by atoms with van der Waals surface area (Å²) < 4.78 is 5.62. The van der Waals surface area contributed by atoms with Crippen LogP contribution in [0.4, 0.5) is 5.69 Å². The van der Waals surface area contributed by atoms with Gasteiger partial charge in [0.25, 0.3) is 5.91 Å². The van der Waals surface area contributed by atoms with Crippen molar-refractivity contribution < 1.29 is 9.53 Å². The van der Waals surface area contributed by atoms with Crippen molar-refractivity contribution in [1.82, 2.24) is 0 Å². The summed E-state index contributed by atoms with van der Waals surface area (Å²) in [6.07, 6.45) is 1.44. The first-order valence-electron chi connectivity index (χ1n) is 8.41. The van der Waals surface area contributed by atoms with Crippen molar-refractivity contribution in [3.05, 3.63) is 63.1 Å². The molecule has 0 saturated carbocycles. The Kier molecular flexibility index (Phi) is 7.29. The first-order valence-corrected chi connectivity index (χ1v) is 9.17. The first-order chi connectivity index (χ1) is 12.8. The van der Waals surface area contributed by atoms with E-state index in [4.69, 9.17) is 27.9 Å². The summed E-state index contributed by atoms with van der Waals surface area (Å²) in [6, 6.07) is 12.4. The Morgan fingerprint density at radius 2 is 1.81 bits per heavy atom. The maximum Gasteiger partial charge on any atom is 0.266 e. The van der Waals surface area contributed by atoms with Gasteiger partial charge in [0.15, 0.2) is 5.75 Å². The fraction of sp³-hybridized carbons (Fsp3) is 0.238. The van der Waals surface area contributed by atoms with Crippen LogP contribution in [0.25, 0.3) is 6.08 Å². The van der Waals surface area contributed by atoms with Gasteiger partial charge in [0.2, 0.25) is 0 Å². The van der Waals surface area contributed by atoms with Crippen molar-refractivity contribution in [1.29, 1.82) is 5.26 Å². The van der Waals surface area contributed by atoms with Crippen LogP contribution in [0.15, 0.2) is 42.0 Å². The summed E-state index contributed by atoms with van der Waals surface area (Å²) in [5.74, 6) is 0.216. The number of halogens is 2. The van der Waals surface area contributed by atoms with Gasteiger partial charge in [0.05, 0.1) is 16.7 Å². The summed E-state index contributed by atoms with van der Waals surface area (Å²) in [5.41, 5.74) is 2.17. The van der Waals surface area contributed by atoms with Crippen LogP contribution in [0.5, 0.6) is 5.75 Å². The standard InChI is InChI=1S/C21H20Cl2N2O2/c1-13(2)12-27-20-18(22)9-15(10-19(20)23)8-16(11-24)21(26)25-17-6-4-14(3)5-7-17/h4-10,13H,12H2,1-3H3,(H,25,26)/b16-8+. The minimum absolute atomic E-state index is 0.0569. The first kappa shape index (κ1) is 20.8. The summed E-state index contributed by atoms with van der Waals surface area (Å²) >= 11 is 12.5. The van der Waals surface area contributed by atoms with E-state index >= 15 is 0 Å². The van der Waals surface area contributed by atoms with E-state index in [2.05, 4.69) is 5.32 Å². The number of hydrogen-bond acceptors (Lipinski definition) is 3. The molecule has 6 heteroatoms. The second-order valence-electron chi connectivity index (χ2n) is 6.51. The lowest BCUT2D eigenvalue weighted by molar-refractivity contribution is -0.112. The third-order valence-electron chi connectivity index (χ3n) is 3.57. The van der Waals surface area contributed by atoms with E-state index in [1.807, 2.05) is 39.0 Å². The quantitative estimate of drug-likeness (QED) is 0.484. The Labute approximate surface area is 169 Å². The summed E-state index contributed by atoms with van der Waals surface area (Å²) in [5, 5.41) is 12.7. The predicted octanol–water partition coefficient (Wildman–Crippen LogP) is 5.88. The normalized spacial score (nSPS) is 11.2. The zero-order chi connectivity index (χ0) is 20.0. The summed E-state index contributed by atoms with van der Waals surface area (Å²) in [6.45, 7) is 6.47. The van der Waals surface area contributed by atoms with E-state index in [1.165, 1.54) is 6.08 Å².